The average molecular weight is 283 g/mol. The van der Waals surface area contributed by atoms with Crippen molar-refractivity contribution in [1.82, 2.24) is 10.2 Å². The minimum atomic E-state index is -0.501. The fourth-order valence-corrected chi connectivity index (χ4v) is 1.65. The van der Waals surface area contributed by atoms with Crippen LogP contribution >= 0.6 is 15.9 Å². The van der Waals surface area contributed by atoms with Gasteiger partial charge in [0.05, 0.1) is 4.92 Å². The number of hydrogen-bond donors (Lipinski definition) is 2. The Bertz CT molecular complexity index is 511. The first kappa shape index (κ1) is 10.6. The van der Waals surface area contributed by atoms with Gasteiger partial charge in [0.25, 0.3) is 0 Å². The molecule has 0 aliphatic rings. The Balaban J connectivity index is 2.32. The van der Waals surface area contributed by atoms with Gasteiger partial charge in [-0.3, -0.25) is 15.2 Å². The van der Waals surface area contributed by atoms with Gasteiger partial charge in [-0.25, -0.2) is 0 Å². The maximum absolute atomic E-state index is 10.8. The summed E-state index contributed by atoms with van der Waals surface area (Å²) in [4.78, 5) is 10.3. The first-order chi connectivity index (χ1) is 7.68. The Morgan fingerprint density at radius 2 is 2.06 bits per heavy atom. The second kappa shape index (κ2) is 4.31. The zero-order valence-corrected chi connectivity index (χ0v) is 9.56. The van der Waals surface area contributed by atoms with E-state index >= 15 is 0 Å². The maximum atomic E-state index is 10.8. The SMILES string of the molecule is O=[N+]([O-])c1c(Nc2ccccc2)n[nH]c1Br. The van der Waals surface area contributed by atoms with Crippen LogP contribution in [0.3, 0.4) is 0 Å². The molecular weight excluding hydrogens is 276 g/mol. The highest BCUT2D eigenvalue weighted by Gasteiger charge is 2.22. The van der Waals surface area contributed by atoms with Crippen LogP contribution in [0, 0.1) is 10.1 Å². The molecule has 0 fully saturated rings. The number of rotatable bonds is 3. The highest BCUT2D eigenvalue weighted by molar-refractivity contribution is 9.10. The number of nitro groups is 1. The van der Waals surface area contributed by atoms with E-state index in [4.69, 9.17) is 0 Å². The van der Waals surface area contributed by atoms with Crippen LogP contribution in [0.5, 0.6) is 0 Å². The minimum Gasteiger partial charge on any atom is -0.333 e. The van der Waals surface area contributed by atoms with E-state index in [0.717, 1.165) is 5.69 Å². The summed E-state index contributed by atoms with van der Waals surface area (Å²) in [6.45, 7) is 0. The normalized spacial score (nSPS) is 10.1. The van der Waals surface area contributed by atoms with Gasteiger partial charge >= 0.3 is 5.69 Å². The van der Waals surface area contributed by atoms with Crippen molar-refractivity contribution in [1.29, 1.82) is 0 Å². The largest absolute Gasteiger partial charge is 0.345 e. The second-order valence-corrected chi connectivity index (χ2v) is 3.78. The molecule has 0 spiro atoms. The van der Waals surface area contributed by atoms with Crippen molar-refractivity contribution < 1.29 is 4.92 Å². The van der Waals surface area contributed by atoms with Crippen LogP contribution in [0.4, 0.5) is 17.2 Å². The van der Waals surface area contributed by atoms with Crippen molar-refractivity contribution in [3.8, 4) is 0 Å². The van der Waals surface area contributed by atoms with E-state index in [1.165, 1.54) is 0 Å². The highest BCUT2D eigenvalue weighted by Crippen LogP contribution is 2.31. The number of aromatic amines is 1. The topological polar surface area (TPSA) is 83.8 Å². The Morgan fingerprint density at radius 1 is 1.38 bits per heavy atom. The van der Waals surface area contributed by atoms with Gasteiger partial charge in [0.1, 0.15) is 0 Å². The number of H-pyrrole nitrogens is 1. The number of anilines is 2. The summed E-state index contributed by atoms with van der Waals surface area (Å²) in [5.74, 6) is 0.183. The number of hydrogen-bond acceptors (Lipinski definition) is 4. The van der Waals surface area contributed by atoms with Gasteiger partial charge in [-0.15, -0.1) is 5.10 Å². The Morgan fingerprint density at radius 3 is 2.69 bits per heavy atom. The van der Waals surface area contributed by atoms with Gasteiger partial charge in [0.15, 0.2) is 4.60 Å². The third-order valence-corrected chi connectivity index (χ3v) is 2.47. The molecule has 2 aromatic rings. The van der Waals surface area contributed by atoms with Crippen LogP contribution in [-0.2, 0) is 0 Å². The summed E-state index contributed by atoms with van der Waals surface area (Å²) in [6, 6.07) is 9.12. The van der Waals surface area contributed by atoms with E-state index in [2.05, 4.69) is 31.4 Å². The third kappa shape index (κ3) is 2.03. The number of para-hydroxylation sites is 1. The Labute approximate surface area is 99.0 Å². The Hall–Kier alpha value is -1.89. The van der Waals surface area contributed by atoms with Gasteiger partial charge in [-0.05, 0) is 28.1 Å². The number of halogens is 1. The lowest BCUT2D eigenvalue weighted by atomic mass is 10.3. The Kier molecular flexibility index (Phi) is 2.86. The third-order valence-electron chi connectivity index (χ3n) is 1.92. The van der Waals surface area contributed by atoms with Crippen LogP contribution in [0.2, 0.25) is 0 Å². The van der Waals surface area contributed by atoms with Gasteiger partial charge in [0.2, 0.25) is 5.82 Å². The molecule has 0 saturated carbocycles. The van der Waals surface area contributed by atoms with Gasteiger partial charge < -0.3 is 5.32 Å². The lowest BCUT2D eigenvalue weighted by molar-refractivity contribution is -0.384. The molecule has 2 N–H and O–H groups in total. The first-order valence-corrected chi connectivity index (χ1v) is 5.18. The molecule has 0 atom stereocenters. The molecule has 16 heavy (non-hydrogen) atoms. The number of aromatic nitrogens is 2. The lowest BCUT2D eigenvalue weighted by Gasteiger charge is -2.00. The molecular formula is C9H7BrN4O2. The van der Waals surface area contributed by atoms with Gasteiger partial charge in [-0.2, -0.15) is 0 Å². The molecule has 0 saturated heterocycles. The second-order valence-electron chi connectivity index (χ2n) is 2.98. The van der Waals surface area contributed by atoms with Crippen molar-refractivity contribution in [2.75, 3.05) is 5.32 Å². The van der Waals surface area contributed by atoms with Crippen LogP contribution in [0.15, 0.2) is 34.9 Å². The van der Waals surface area contributed by atoms with Gasteiger partial charge in [-0.1, -0.05) is 18.2 Å². The maximum Gasteiger partial charge on any atom is 0.345 e. The predicted molar refractivity (Wildman–Crippen MR) is 62.7 cm³/mol. The van der Waals surface area contributed by atoms with E-state index in [9.17, 15) is 10.1 Å². The van der Waals surface area contributed by atoms with E-state index < -0.39 is 4.92 Å². The van der Waals surface area contributed by atoms with Crippen LogP contribution in [-0.4, -0.2) is 15.1 Å². The highest BCUT2D eigenvalue weighted by atomic mass is 79.9. The zero-order chi connectivity index (χ0) is 11.5. The summed E-state index contributed by atoms with van der Waals surface area (Å²) >= 11 is 3.03. The predicted octanol–water partition coefficient (Wildman–Crippen LogP) is 2.82. The molecule has 0 amide bonds. The molecule has 0 bridgehead atoms. The molecule has 82 valence electrons. The molecule has 0 radical (unpaired) electrons. The zero-order valence-electron chi connectivity index (χ0n) is 7.98. The van der Waals surface area contributed by atoms with Crippen molar-refractivity contribution in [3.05, 3.63) is 45.0 Å². The van der Waals surface area contributed by atoms with Gasteiger partial charge in [0, 0.05) is 5.69 Å². The number of nitrogens with one attached hydrogen (secondary N) is 2. The van der Waals surface area contributed by atoms with Crippen molar-refractivity contribution >= 4 is 33.1 Å². The molecule has 7 heteroatoms. The minimum absolute atomic E-state index is 0.108. The molecule has 0 aliphatic heterocycles. The molecule has 1 aromatic carbocycles. The standard InChI is InChI=1S/C9H7BrN4O2/c10-8-7(14(15)16)9(13-12-8)11-6-4-2-1-3-5-6/h1-5H,(H2,11,12,13). The van der Waals surface area contributed by atoms with E-state index in [-0.39, 0.29) is 16.1 Å². The van der Waals surface area contributed by atoms with Crippen LogP contribution < -0.4 is 5.32 Å². The summed E-state index contributed by atoms with van der Waals surface area (Å²) in [7, 11) is 0. The molecule has 0 unspecified atom stereocenters. The van der Waals surface area contributed by atoms with E-state index in [1.807, 2.05) is 18.2 Å². The molecule has 6 nitrogen and oxygen atoms in total. The van der Waals surface area contributed by atoms with Crippen LogP contribution in [0.25, 0.3) is 0 Å². The first-order valence-electron chi connectivity index (χ1n) is 4.39. The molecule has 1 heterocycles. The molecule has 1 aromatic heterocycles. The fourth-order valence-electron chi connectivity index (χ4n) is 1.23. The smallest absolute Gasteiger partial charge is 0.333 e. The summed E-state index contributed by atoms with van der Waals surface area (Å²) in [6.07, 6.45) is 0. The van der Waals surface area contributed by atoms with Crippen molar-refractivity contribution in [2.24, 2.45) is 0 Å². The lowest BCUT2D eigenvalue weighted by Crippen LogP contribution is -1.95. The monoisotopic (exact) mass is 282 g/mol. The summed E-state index contributed by atoms with van der Waals surface area (Å²) in [5.41, 5.74) is 0.633. The number of benzene rings is 1. The fraction of sp³-hybridized carbons (Fsp3) is 0. The van der Waals surface area contributed by atoms with E-state index in [0.29, 0.717) is 0 Å². The van der Waals surface area contributed by atoms with Crippen molar-refractivity contribution in [3.63, 3.8) is 0 Å². The van der Waals surface area contributed by atoms with E-state index in [1.54, 1.807) is 12.1 Å². The quantitative estimate of drug-likeness (QED) is 0.670. The molecule has 2 rings (SSSR count). The molecule has 0 aliphatic carbocycles. The van der Waals surface area contributed by atoms with Crippen molar-refractivity contribution in [2.45, 2.75) is 0 Å². The average Bonchev–Trinajstić information content (AvgIpc) is 2.61. The summed E-state index contributed by atoms with van der Waals surface area (Å²) < 4.78 is 0.246. The number of nitrogens with zero attached hydrogens (tertiary/aromatic N) is 2. The van der Waals surface area contributed by atoms with Crippen LogP contribution in [0.1, 0.15) is 0 Å². The summed E-state index contributed by atoms with van der Waals surface area (Å²) in [5, 5.41) is 19.9.